The van der Waals surface area contributed by atoms with Gasteiger partial charge >= 0.3 is 0 Å². The van der Waals surface area contributed by atoms with Gasteiger partial charge in [0.25, 0.3) is 0 Å². The topological polar surface area (TPSA) is 23.5 Å². The van der Waals surface area contributed by atoms with Crippen LogP contribution in [0.3, 0.4) is 0 Å². The number of benzene rings is 2. The first-order valence-corrected chi connectivity index (χ1v) is 8.27. The first kappa shape index (κ1) is 18.6. The molecule has 0 bridgehead atoms. The Morgan fingerprint density at radius 1 is 1.04 bits per heavy atom. The van der Waals surface area contributed by atoms with Crippen molar-refractivity contribution in [2.75, 3.05) is 13.1 Å². The highest BCUT2D eigenvalue weighted by atomic mass is 35.5. The summed E-state index contributed by atoms with van der Waals surface area (Å²) in [5.41, 5.74) is 1.25. The third-order valence-electron chi connectivity index (χ3n) is 4.26. The summed E-state index contributed by atoms with van der Waals surface area (Å²) in [6.07, 6.45) is 1.71. The lowest BCUT2D eigenvalue weighted by Gasteiger charge is -2.39. The molecule has 1 heterocycles. The maximum Gasteiger partial charge on any atom is 0.102 e. The minimum Gasteiger partial charge on any atom is -0.384 e. The van der Waals surface area contributed by atoms with Gasteiger partial charge in [-0.3, -0.25) is 4.90 Å². The van der Waals surface area contributed by atoms with Gasteiger partial charge in [0.2, 0.25) is 0 Å². The van der Waals surface area contributed by atoms with Gasteiger partial charge in [-0.15, -0.1) is 12.4 Å². The predicted octanol–water partition coefficient (Wildman–Crippen LogP) is 4.90. The van der Waals surface area contributed by atoms with E-state index in [-0.39, 0.29) is 12.4 Å². The number of hydrogen-bond donors (Lipinski definition) is 1. The van der Waals surface area contributed by atoms with Crippen LogP contribution in [0.1, 0.15) is 24.0 Å². The van der Waals surface area contributed by atoms with E-state index in [1.54, 1.807) is 12.1 Å². The highest BCUT2D eigenvalue weighted by molar-refractivity contribution is 6.42. The van der Waals surface area contributed by atoms with Crippen molar-refractivity contribution in [3.63, 3.8) is 0 Å². The van der Waals surface area contributed by atoms with Gasteiger partial charge in [-0.2, -0.15) is 0 Å². The van der Waals surface area contributed by atoms with Crippen LogP contribution in [-0.2, 0) is 12.1 Å². The number of piperidine rings is 1. The lowest BCUT2D eigenvalue weighted by Crippen LogP contribution is -2.45. The summed E-state index contributed by atoms with van der Waals surface area (Å²) < 4.78 is 0. The normalized spacial score (nSPS) is 21.7. The molecular formula is C18H20Cl3NO. The molecule has 5 heteroatoms. The summed E-state index contributed by atoms with van der Waals surface area (Å²) in [5, 5.41) is 12.1. The Hall–Kier alpha value is -0.770. The lowest BCUT2D eigenvalue weighted by atomic mass is 9.85. The predicted molar refractivity (Wildman–Crippen MR) is 98.6 cm³/mol. The zero-order valence-corrected chi connectivity index (χ0v) is 15.0. The summed E-state index contributed by atoms with van der Waals surface area (Å²) in [5.74, 6) is 0. The second kappa shape index (κ2) is 7.87. The van der Waals surface area contributed by atoms with Gasteiger partial charge in [0.1, 0.15) is 5.60 Å². The van der Waals surface area contributed by atoms with Crippen LogP contribution in [0.2, 0.25) is 10.0 Å². The zero-order chi connectivity index (χ0) is 15.6. The van der Waals surface area contributed by atoms with E-state index in [4.69, 9.17) is 23.2 Å². The fourth-order valence-corrected chi connectivity index (χ4v) is 3.42. The van der Waals surface area contributed by atoms with E-state index < -0.39 is 5.60 Å². The first-order chi connectivity index (χ1) is 10.6. The quantitative estimate of drug-likeness (QED) is 0.828. The van der Waals surface area contributed by atoms with Crippen molar-refractivity contribution >= 4 is 35.6 Å². The van der Waals surface area contributed by atoms with Crippen LogP contribution in [0, 0.1) is 0 Å². The van der Waals surface area contributed by atoms with Crippen molar-refractivity contribution in [3.05, 3.63) is 69.7 Å². The Balaban J connectivity index is 0.00000192. The number of hydrogen-bond acceptors (Lipinski definition) is 2. The zero-order valence-electron chi connectivity index (χ0n) is 12.7. The molecule has 124 valence electrons. The molecule has 1 unspecified atom stereocenters. The van der Waals surface area contributed by atoms with E-state index in [0.29, 0.717) is 16.6 Å². The van der Waals surface area contributed by atoms with Crippen LogP contribution in [-0.4, -0.2) is 23.1 Å². The number of aliphatic hydroxyl groups is 1. The van der Waals surface area contributed by atoms with Gasteiger partial charge in [-0.05, 0) is 42.6 Å². The first-order valence-electron chi connectivity index (χ1n) is 7.51. The Kier molecular flexibility index (Phi) is 6.35. The van der Waals surface area contributed by atoms with Crippen LogP contribution in [0.15, 0.2) is 48.5 Å². The largest absolute Gasteiger partial charge is 0.384 e. The van der Waals surface area contributed by atoms with Crippen molar-refractivity contribution in [2.24, 2.45) is 0 Å². The molecule has 1 fully saturated rings. The molecule has 0 aliphatic carbocycles. The van der Waals surface area contributed by atoms with Crippen LogP contribution in [0.4, 0.5) is 0 Å². The molecule has 0 aromatic heterocycles. The van der Waals surface area contributed by atoms with Gasteiger partial charge in [-0.1, -0.05) is 59.6 Å². The molecule has 0 radical (unpaired) electrons. The number of nitrogens with zero attached hydrogens (tertiary/aromatic N) is 1. The summed E-state index contributed by atoms with van der Waals surface area (Å²) in [6.45, 7) is 2.46. The molecule has 0 amide bonds. The van der Waals surface area contributed by atoms with E-state index in [0.717, 1.165) is 31.5 Å². The van der Waals surface area contributed by atoms with E-state index in [1.807, 2.05) is 24.3 Å². The number of halogens is 3. The number of likely N-dealkylation sites (tertiary alicyclic amines) is 1. The molecule has 1 saturated heterocycles. The molecule has 1 N–H and O–H groups in total. The molecule has 0 saturated carbocycles. The fraction of sp³-hybridized carbons (Fsp3) is 0.333. The maximum atomic E-state index is 11.1. The molecule has 1 aliphatic heterocycles. The molecule has 0 spiro atoms. The van der Waals surface area contributed by atoms with E-state index in [1.165, 1.54) is 5.56 Å². The number of rotatable bonds is 3. The van der Waals surface area contributed by atoms with Crippen LogP contribution in [0.25, 0.3) is 0 Å². The third-order valence-corrected chi connectivity index (χ3v) is 4.99. The molecule has 1 atom stereocenters. The van der Waals surface area contributed by atoms with Crippen LogP contribution < -0.4 is 0 Å². The SMILES string of the molecule is Cl.OC1(c2ccc(Cl)c(Cl)c2)CCCN(Cc2ccccc2)C1. The fourth-order valence-electron chi connectivity index (χ4n) is 3.12. The molecule has 3 rings (SSSR count). The molecular weight excluding hydrogens is 353 g/mol. The minimum absolute atomic E-state index is 0. The summed E-state index contributed by atoms with van der Waals surface area (Å²) in [7, 11) is 0. The van der Waals surface area contributed by atoms with Gasteiger partial charge in [0, 0.05) is 13.1 Å². The average molecular weight is 373 g/mol. The highest BCUT2D eigenvalue weighted by Crippen LogP contribution is 2.35. The molecule has 2 nitrogen and oxygen atoms in total. The monoisotopic (exact) mass is 371 g/mol. The van der Waals surface area contributed by atoms with Gasteiger partial charge in [-0.25, -0.2) is 0 Å². The Bertz CT molecular complexity index is 650. The Morgan fingerprint density at radius 2 is 1.78 bits per heavy atom. The lowest BCUT2D eigenvalue weighted by molar-refractivity contribution is -0.0381. The third kappa shape index (κ3) is 4.40. The van der Waals surface area contributed by atoms with Gasteiger partial charge in [0.15, 0.2) is 0 Å². The summed E-state index contributed by atoms with van der Waals surface area (Å²) in [6, 6.07) is 15.8. The smallest absolute Gasteiger partial charge is 0.102 e. The minimum atomic E-state index is -0.860. The second-order valence-corrected chi connectivity index (χ2v) is 6.77. The second-order valence-electron chi connectivity index (χ2n) is 5.96. The highest BCUT2D eigenvalue weighted by Gasteiger charge is 2.35. The van der Waals surface area contributed by atoms with Crippen LogP contribution in [0.5, 0.6) is 0 Å². The molecule has 1 aliphatic rings. The van der Waals surface area contributed by atoms with Crippen molar-refractivity contribution in [2.45, 2.75) is 25.0 Å². The van der Waals surface area contributed by atoms with Crippen molar-refractivity contribution in [1.82, 2.24) is 4.90 Å². The molecule has 2 aromatic carbocycles. The van der Waals surface area contributed by atoms with Gasteiger partial charge < -0.3 is 5.11 Å². The Labute approximate surface area is 153 Å². The Morgan fingerprint density at radius 3 is 2.48 bits per heavy atom. The molecule has 2 aromatic rings. The standard InChI is InChI=1S/C18H19Cl2NO.ClH/c19-16-8-7-15(11-17(16)20)18(22)9-4-10-21(13-18)12-14-5-2-1-3-6-14;/h1-3,5-8,11,22H,4,9-10,12-13H2;1H. The van der Waals surface area contributed by atoms with Crippen molar-refractivity contribution < 1.29 is 5.11 Å². The molecule has 23 heavy (non-hydrogen) atoms. The maximum absolute atomic E-state index is 11.1. The van der Waals surface area contributed by atoms with Crippen molar-refractivity contribution in [3.8, 4) is 0 Å². The average Bonchev–Trinajstić information content (AvgIpc) is 2.51. The van der Waals surface area contributed by atoms with E-state index >= 15 is 0 Å². The summed E-state index contributed by atoms with van der Waals surface area (Å²) >= 11 is 12.1. The van der Waals surface area contributed by atoms with Gasteiger partial charge in [0.05, 0.1) is 10.0 Å². The van der Waals surface area contributed by atoms with Crippen LogP contribution >= 0.6 is 35.6 Å². The van der Waals surface area contributed by atoms with Crippen molar-refractivity contribution in [1.29, 1.82) is 0 Å². The summed E-state index contributed by atoms with van der Waals surface area (Å²) in [4.78, 5) is 2.29. The van der Waals surface area contributed by atoms with E-state index in [9.17, 15) is 5.11 Å². The number of β-amino-alcohol motifs (C(OH)–C–C–N with tert-alkyl or cyclic N) is 1. The van der Waals surface area contributed by atoms with E-state index in [2.05, 4.69) is 17.0 Å².